The van der Waals surface area contributed by atoms with Gasteiger partial charge in [-0.15, -0.1) is 0 Å². The topological polar surface area (TPSA) is 49.4 Å². The molecule has 3 aliphatic rings. The van der Waals surface area contributed by atoms with Crippen molar-refractivity contribution in [2.24, 2.45) is 23.7 Å². The number of nitrogens with one attached hydrogen (secondary N) is 1. The molecular weight excluding hydrogens is 300 g/mol. The van der Waals surface area contributed by atoms with E-state index in [1.165, 1.54) is 38.8 Å². The molecule has 1 saturated carbocycles. The summed E-state index contributed by atoms with van der Waals surface area (Å²) in [5.41, 5.74) is 0. The van der Waals surface area contributed by atoms with Gasteiger partial charge in [0.05, 0.1) is 0 Å². The van der Waals surface area contributed by atoms with Gasteiger partial charge in [-0.3, -0.25) is 9.59 Å². The summed E-state index contributed by atoms with van der Waals surface area (Å²) < 4.78 is 0. The van der Waals surface area contributed by atoms with Gasteiger partial charge in [0.2, 0.25) is 5.91 Å². The molecule has 0 aromatic carbocycles. The van der Waals surface area contributed by atoms with Crippen molar-refractivity contribution in [2.75, 3.05) is 26.2 Å². The Morgan fingerprint density at radius 2 is 1.58 bits per heavy atom. The van der Waals surface area contributed by atoms with Crippen LogP contribution in [-0.2, 0) is 9.59 Å². The lowest BCUT2D eigenvalue weighted by molar-refractivity contribution is -0.139. The van der Waals surface area contributed by atoms with Gasteiger partial charge in [0.25, 0.3) is 0 Å². The fourth-order valence-electron chi connectivity index (χ4n) is 4.99. The van der Waals surface area contributed by atoms with Crippen LogP contribution in [0.5, 0.6) is 0 Å². The van der Waals surface area contributed by atoms with E-state index >= 15 is 0 Å². The molecule has 1 amide bonds. The molecule has 3 rings (SSSR count). The fraction of sp³-hybridized carbons (Fsp3) is 0.900. The Labute approximate surface area is 146 Å². The third-order valence-corrected chi connectivity index (χ3v) is 6.64. The predicted molar refractivity (Wildman–Crippen MR) is 95.6 cm³/mol. The number of likely N-dealkylation sites (tertiary alicyclic amines) is 1. The van der Waals surface area contributed by atoms with Crippen LogP contribution < -0.4 is 5.32 Å². The van der Waals surface area contributed by atoms with E-state index in [2.05, 4.69) is 10.2 Å². The molecule has 24 heavy (non-hydrogen) atoms. The molecule has 3 fully saturated rings. The Bertz CT molecular complexity index is 429. The second-order valence-corrected chi connectivity index (χ2v) is 8.23. The monoisotopic (exact) mass is 334 g/mol. The van der Waals surface area contributed by atoms with Crippen LogP contribution in [0.1, 0.15) is 64.7 Å². The molecule has 2 aliphatic heterocycles. The summed E-state index contributed by atoms with van der Waals surface area (Å²) in [6.45, 7) is 6.24. The van der Waals surface area contributed by atoms with Crippen LogP contribution in [0.2, 0.25) is 0 Å². The first-order valence-corrected chi connectivity index (χ1v) is 10.2. The van der Waals surface area contributed by atoms with E-state index < -0.39 is 0 Å². The molecule has 136 valence electrons. The lowest BCUT2D eigenvalue weighted by Gasteiger charge is -2.36. The SMILES string of the molecule is CCC(=O)C1CCC(C(=O)N2CCC(CC3CCNC3)CC2)CC1. The lowest BCUT2D eigenvalue weighted by atomic mass is 9.78. The van der Waals surface area contributed by atoms with Crippen LogP contribution in [0, 0.1) is 23.7 Å². The third-order valence-electron chi connectivity index (χ3n) is 6.64. The fourth-order valence-corrected chi connectivity index (χ4v) is 4.99. The van der Waals surface area contributed by atoms with Crippen molar-refractivity contribution in [2.45, 2.75) is 64.7 Å². The Balaban J connectivity index is 1.40. The summed E-state index contributed by atoms with van der Waals surface area (Å²) in [7, 11) is 0. The average Bonchev–Trinajstić information content (AvgIpc) is 3.14. The zero-order valence-electron chi connectivity index (χ0n) is 15.3. The summed E-state index contributed by atoms with van der Waals surface area (Å²) in [6.07, 6.45) is 9.39. The van der Waals surface area contributed by atoms with E-state index in [0.717, 1.165) is 50.6 Å². The van der Waals surface area contributed by atoms with Crippen LogP contribution in [0.15, 0.2) is 0 Å². The zero-order valence-corrected chi connectivity index (χ0v) is 15.3. The highest BCUT2D eigenvalue weighted by Crippen LogP contribution is 2.33. The number of carbonyl (C=O) groups is 2. The minimum atomic E-state index is 0.182. The first-order chi connectivity index (χ1) is 11.7. The normalized spacial score (nSPS) is 32.0. The van der Waals surface area contributed by atoms with Gasteiger partial charge >= 0.3 is 0 Å². The highest BCUT2D eigenvalue weighted by atomic mass is 16.2. The van der Waals surface area contributed by atoms with Gasteiger partial charge in [0.15, 0.2) is 0 Å². The number of hydrogen-bond acceptors (Lipinski definition) is 3. The highest BCUT2D eigenvalue weighted by molar-refractivity contribution is 5.82. The Morgan fingerprint density at radius 1 is 0.917 bits per heavy atom. The predicted octanol–water partition coefficient (Wildman–Crippen LogP) is 3.01. The average molecular weight is 335 g/mol. The van der Waals surface area contributed by atoms with Crippen LogP contribution in [0.25, 0.3) is 0 Å². The Hall–Kier alpha value is -0.900. The van der Waals surface area contributed by atoms with Crippen molar-refractivity contribution in [3.8, 4) is 0 Å². The zero-order chi connectivity index (χ0) is 16.9. The van der Waals surface area contributed by atoms with E-state index in [9.17, 15) is 9.59 Å². The van der Waals surface area contributed by atoms with Gasteiger partial charge in [-0.2, -0.15) is 0 Å². The number of amides is 1. The van der Waals surface area contributed by atoms with Crippen LogP contribution in [-0.4, -0.2) is 42.8 Å². The summed E-state index contributed by atoms with van der Waals surface area (Å²) >= 11 is 0. The van der Waals surface area contributed by atoms with Crippen molar-refractivity contribution in [3.63, 3.8) is 0 Å². The van der Waals surface area contributed by atoms with Crippen molar-refractivity contribution < 1.29 is 9.59 Å². The molecule has 1 unspecified atom stereocenters. The lowest BCUT2D eigenvalue weighted by Crippen LogP contribution is -2.43. The molecule has 0 aromatic heterocycles. The molecular formula is C20H34N2O2. The maximum Gasteiger partial charge on any atom is 0.225 e. The maximum absolute atomic E-state index is 12.8. The number of ketones is 1. The van der Waals surface area contributed by atoms with Gasteiger partial charge < -0.3 is 10.2 Å². The summed E-state index contributed by atoms with van der Waals surface area (Å²) in [5.74, 6) is 2.85. The van der Waals surface area contributed by atoms with Crippen LogP contribution in [0.4, 0.5) is 0 Å². The molecule has 4 nitrogen and oxygen atoms in total. The molecule has 1 aliphatic carbocycles. The van der Waals surface area contributed by atoms with Crippen molar-refractivity contribution >= 4 is 11.7 Å². The van der Waals surface area contributed by atoms with E-state index in [-0.39, 0.29) is 11.8 Å². The van der Waals surface area contributed by atoms with E-state index in [1.54, 1.807) is 0 Å². The smallest absolute Gasteiger partial charge is 0.225 e. The van der Waals surface area contributed by atoms with Crippen molar-refractivity contribution in [1.29, 1.82) is 0 Å². The Morgan fingerprint density at radius 3 is 2.17 bits per heavy atom. The van der Waals surface area contributed by atoms with E-state index in [1.807, 2.05) is 6.92 Å². The van der Waals surface area contributed by atoms with Gasteiger partial charge in [-0.05, 0) is 76.3 Å². The third kappa shape index (κ3) is 4.38. The first-order valence-electron chi connectivity index (χ1n) is 10.2. The van der Waals surface area contributed by atoms with E-state index in [4.69, 9.17) is 0 Å². The minimum Gasteiger partial charge on any atom is -0.342 e. The minimum absolute atomic E-state index is 0.182. The van der Waals surface area contributed by atoms with Crippen LogP contribution in [0.3, 0.4) is 0 Å². The second kappa shape index (κ2) is 8.46. The first kappa shape index (κ1) is 17.9. The number of piperidine rings is 1. The molecule has 0 radical (unpaired) electrons. The van der Waals surface area contributed by atoms with Crippen molar-refractivity contribution in [3.05, 3.63) is 0 Å². The number of rotatable bonds is 5. The summed E-state index contributed by atoms with van der Waals surface area (Å²) in [6, 6.07) is 0. The molecule has 2 saturated heterocycles. The number of Topliss-reactive ketones (excluding diaryl/α,β-unsaturated/α-hetero) is 1. The number of nitrogens with zero attached hydrogens (tertiary/aromatic N) is 1. The summed E-state index contributed by atoms with van der Waals surface area (Å²) in [5, 5.41) is 3.46. The molecule has 1 N–H and O–H groups in total. The van der Waals surface area contributed by atoms with Gasteiger partial charge in [-0.1, -0.05) is 6.92 Å². The van der Waals surface area contributed by atoms with Gasteiger partial charge in [-0.25, -0.2) is 0 Å². The van der Waals surface area contributed by atoms with Crippen LogP contribution >= 0.6 is 0 Å². The Kier molecular flexibility index (Phi) is 6.31. The van der Waals surface area contributed by atoms with Crippen molar-refractivity contribution in [1.82, 2.24) is 10.2 Å². The number of carbonyl (C=O) groups excluding carboxylic acids is 2. The summed E-state index contributed by atoms with van der Waals surface area (Å²) in [4.78, 5) is 26.7. The number of hydrogen-bond donors (Lipinski definition) is 1. The molecule has 0 spiro atoms. The standard InChI is InChI=1S/C20H34N2O2/c1-2-19(23)17-3-5-18(6-4-17)20(24)22-11-8-15(9-12-22)13-16-7-10-21-14-16/h15-18,21H,2-14H2,1H3. The quantitative estimate of drug-likeness (QED) is 0.841. The molecule has 0 bridgehead atoms. The molecule has 4 heteroatoms. The largest absolute Gasteiger partial charge is 0.342 e. The maximum atomic E-state index is 12.8. The highest BCUT2D eigenvalue weighted by Gasteiger charge is 2.33. The van der Waals surface area contributed by atoms with Gasteiger partial charge in [0.1, 0.15) is 5.78 Å². The second-order valence-electron chi connectivity index (χ2n) is 8.23. The molecule has 2 heterocycles. The molecule has 0 aromatic rings. The molecule has 1 atom stereocenters. The van der Waals surface area contributed by atoms with Gasteiger partial charge in [0, 0.05) is 31.3 Å². The van der Waals surface area contributed by atoms with E-state index in [0.29, 0.717) is 18.1 Å².